The van der Waals surface area contributed by atoms with Gasteiger partial charge in [0.2, 0.25) is 5.03 Å². The van der Waals surface area contributed by atoms with Gasteiger partial charge in [0.1, 0.15) is 9.88 Å². The third-order valence-electron chi connectivity index (χ3n) is 2.94. The average molecular weight is 381 g/mol. The molecule has 3 rings (SSSR count). The van der Waals surface area contributed by atoms with E-state index in [1.54, 1.807) is 0 Å². The topological polar surface area (TPSA) is 98.2 Å². The van der Waals surface area contributed by atoms with Crippen LogP contribution in [0.5, 0.6) is 5.75 Å². The molecule has 0 unspecified atom stereocenters. The highest BCUT2D eigenvalue weighted by atomic mass is 32.2. The number of thiazole rings is 1. The monoisotopic (exact) mass is 381 g/mol. The number of nitrogens with one attached hydrogen (secondary N) is 1. The Hall–Kier alpha value is -2.30. The summed E-state index contributed by atoms with van der Waals surface area (Å²) in [5.41, 5.74) is 0.887. The van der Waals surface area contributed by atoms with Crippen molar-refractivity contribution in [2.45, 2.75) is 5.03 Å². The molecule has 0 spiro atoms. The molecule has 10 heteroatoms. The highest BCUT2D eigenvalue weighted by molar-refractivity contribution is 7.90. The summed E-state index contributed by atoms with van der Waals surface area (Å²) in [6, 6.07) is 4.87. The first-order valence-corrected chi connectivity index (χ1v) is 9.80. The minimum absolute atomic E-state index is 0.0565. The van der Waals surface area contributed by atoms with E-state index >= 15 is 0 Å². The minimum Gasteiger partial charge on any atom is -0.494 e. The zero-order chi connectivity index (χ0) is 17.2. The van der Waals surface area contributed by atoms with Crippen LogP contribution in [0.3, 0.4) is 0 Å². The van der Waals surface area contributed by atoms with Gasteiger partial charge in [0.15, 0.2) is 5.75 Å². The van der Waals surface area contributed by atoms with Gasteiger partial charge < -0.3 is 4.74 Å². The first-order valence-electron chi connectivity index (χ1n) is 6.56. The molecule has 0 atom stereocenters. The summed E-state index contributed by atoms with van der Waals surface area (Å²) >= 11 is 2.62. The fraction of sp³-hybridized carbons (Fsp3) is 0.0714. The van der Waals surface area contributed by atoms with Gasteiger partial charge in [-0.05, 0) is 23.6 Å². The van der Waals surface area contributed by atoms with Crippen molar-refractivity contribution >= 4 is 38.6 Å². The Morgan fingerprint density at radius 1 is 1.29 bits per heavy atom. The van der Waals surface area contributed by atoms with E-state index in [0.717, 1.165) is 16.9 Å². The van der Waals surface area contributed by atoms with Crippen LogP contribution < -0.4 is 9.46 Å². The van der Waals surface area contributed by atoms with E-state index in [1.807, 2.05) is 21.5 Å². The number of rotatable bonds is 5. The zero-order valence-electron chi connectivity index (χ0n) is 12.3. The summed E-state index contributed by atoms with van der Waals surface area (Å²) in [4.78, 5) is 20.3. The van der Waals surface area contributed by atoms with Gasteiger partial charge in [-0.3, -0.25) is 4.79 Å². The molecule has 1 amide bonds. The number of hydrogen-bond donors (Lipinski definition) is 1. The van der Waals surface area contributed by atoms with Crippen LogP contribution in [0.25, 0.3) is 10.6 Å². The van der Waals surface area contributed by atoms with E-state index in [2.05, 4.69) is 9.97 Å². The van der Waals surface area contributed by atoms with Gasteiger partial charge >= 0.3 is 0 Å². The normalized spacial score (nSPS) is 11.2. The number of carbonyl (C=O) groups excluding carboxylic acids is 1. The maximum absolute atomic E-state index is 12.3. The smallest absolute Gasteiger partial charge is 0.285 e. The number of sulfonamides is 1. The van der Waals surface area contributed by atoms with Gasteiger partial charge in [-0.2, -0.15) is 19.8 Å². The summed E-state index contributed by atoms with van der Waals surface area (Å²) in [6.07, 6.45) is 2.65. The van der Waals surface area contributed by atoms with Crippen LogP contribution in [-0.2, 0) is 10.0 Å². The molecule has 24 heavy (non-hydrogen) atoms. The maximum atomic E-state index is 12.3. The van der Waals surface area contributed by atoms with E-state index in [9.17, 15) is 13.2 Å². The molecule has 3 heterocycles. The summed E-state index contributed by atoms with van der Waals surface area (Å²) in [7, 11) is -2.82. The molecule has 3 aromatic heterocycles. The number of carbonyl (C=O) groups is 1. The molecule has 0 aliphatic rings. The van der Waals surface area contributed by atoms with E-state index in [-0.39, 0.29) is 15.7 Å². The molecular formula is C14H11N3O4S3. The van der Waals surface area contributed by atoms with Crippen molar-refractivity contribution < 1.29 is 17.9 Å². The highest BCUT2D eigenvalue weighted by Crippen LogP contribution is 2.27. The van der Waals surface area contributed by atoms with Gasteiger partial charge in [-0.25, -0.2) is 14.7 Å². The summed E-state index contributed by atoms with van der Waals surface area (Å²) in [5, 5.41) is 4.10. The van der Waals surface area contributed by atoms with Crippen LogP contribution >= 0.6 is 22.7 Å². The first-order chi connectivity index (χ1) is 11.5. The predicted octanol–water partition coefficient (Wildman–Crippen LogP) is 2.39. The summed E-state index contributed by atoms with van der Waals surface area (Å²) in [5.74, 6) is -0.706. The largest absolute Gasteiger partial charge is 0.494 e. The molecule has 1 N–H and O–H groups in total. The van der Waals surface area contributed by atoms with E-state index in [0.29, 0.717) is 5.01 Å². The van der Waals surface area contributed by atoms with Crippen molar-refractivity contribution in [1.82, 2.24) is 14.7 Å². The maximum Gasteiger partial charge on any atom is 0.285 e. The van der Waals surface area contributed by atoms with Crippen LogP contribution in [0.15, 0.2) is 46.4 Å². The van der Waals surface area contributed by atoms with Crippen LogP contribution in [0, 0.1) is 0 Å². The molecule has 0 aliphatic heterocycles. The molecule has 7 nitrogen and oxygen atoms in total. The number of aromatic nitrogens is 2. The van der Waals surface area contributed by atoms with E-state index in [4.69, 9.17) is 4.74 Å². The number of nitrogens with zero attached hydrogens (tertiary/aromatic N) is 2. The standard InChI is InChI=1S/C14H11N3O4S3/c1-21-10-3-2-5-15-14(10)24(19,20)17-12(18)11-7-16-13(23-11)9-4-6-22-8-9/h2-8H,1H3,(H,17,18). The second kappa shape index (κ2) is 6.67. The predicted molar refractivity (Wildman–Crippen MR) is 90.9 cm³/mol. The third-order valence-corrected chi connectivity index (χ3v) is 5.93. The van der Waals surface area contributed by atoms with Crippen molar-refractivity contribution in [2.24, 2.45) is 0 Å². The first kappa shape index (κ1) is 16.6. The Labute approximate surface area is 146 Å². The highest BCUT2D eigenvalue weighted by Gasteiger charge is 2.25. The third kappa shape index (κ3) is 3.30. The SMILES string of the molecule is COc1cccnc1S(=O)(=O)NC(=O)c1cnc(-c2ccsc2)s1. The Morgan fingerprint density at radius 2 is 2.12 bits per heavy atom. The Morgan fingerprint density at radius 3 is 2.83 bits per heavy atom. The number of ether oxygens (including phenoxy) is 1. The zero-order valence-corrected chi connectivity index (χ0v) is 14.7. The fourth-order valence-corrected chi connectivity index (χ4v) is 4.51. The van der Waals surface area contributed by atoms with Gasteiger partial charge in [0.25, 0.3) is 15.9 Å². The van der Waals surface area contributed by atoms with Gasteiger partial charge in [0, 0.05) is 17.1 Å². The number of thiophene rings is 1. The Balaban J connectivity index is 1.84. The molecule has 0 saturated heterocycles. The fourth-order valence-electron chi connectivity index (χ4n) is 1.85. The molecule has 124 valence electrons. The van der Waals surface area contributed by atoms with Crippen LogP contribution in [-0.4, -0.2) is 31.4 Å². The lowest BCUT2D eigenvalue weighted by molar-refractivity contribution is 0.0985. The molecular weight excluding hydrogens is 370 g/mol. The quantitative estimate of drug-likeness (QED) is 0.729. The second-order valence-corrected chi connectivity index (χ2v) is 7.90. The molecule has 0 bridgehead atoms. The number of pyridine rings is 1. The molecule has 0 radical (unpaired) electrons. The molecule has 0 fully saturated rings. The summed E-state index contributed by atoms with van der Waals surface area (Å²) < 4.78 is 31.6. The molecule has 0 aliphatic carbocycles. The average Bonchev–Trinajstić information content (AvgIpc) is 3.25. The van der Waals surface area contributed by atoms with E-state index < -0.39 is 15.9 Å². The molecule has 0 saturated carbocycles. The molecule has 3 aromatic rings. The Kier molecular flexibility index (Phi) is 4.60. The van der Waals surface area contributed by atoms with Crippen LogP contribution in [0.4, 0.5) is 0 Å². The molecule has 0 aromatic carbocycles. The van der Waals surface area contributed by atoms with Crippen molar-refractivity contribution in [2.75, 3.05) is 7.11 Å². The van der Waals surface area contributed by atoms with Crippen molar-refractivity contribution in [3.05, 3.63) is 46.2 Å². The van der Waals surface area contributed by atoms with Gasteiger partial charge in [-0.15, -0.1) is 11.3 Å². The summed E-state index contributed by atoms with van der Waals surface area (Å²) in [6.45, 7) is 0. The Bertz CT molecular complexity index is 965. The van der Waals surface area contributed by atoms with Crippen molar-refractivity contribution in [1.29, 1.82) is 0 Å². The number of methoxy groups -OCH3 is 1. The van der Waals surface area contributed by atoms with E-state index in [1.165, 1.54) is 43.0 Å². The minimum atomic E-state index is -4.15. The van der Waals surface area contributed by atoms with Crippen LogP contribution in [0.2, 0.25) is 0 Å². The van der Waals surface area contributed by atoms with Crippen molar-refractivity contribution in [3.8, 4) is 16.3 Å². The van der Waals surface area contributed by atoms with Crippen LogP contribution in [0.1, 0.15) is 9.67 Å². The number of amides is 1. The lowest BCUT2D eigenvalue weighted by Gasteiger charge is -2.08. The lowest BCUT2D eigenvalue weighted by Crippen LogP contribution is -2.30. The van der Waals surface area contributed by atoms with Crippen molar-refractivity contribution in [3.63, 3.8) is 0 Å². The lowest BCUT2D eigenvalue weighted by atomic mass is 10.4. The van der Waals surface area contributed by atoms with Gasteiger partial charge in [-0.1, -0.05) is 0 Å². The number of hydrogen-bond acceptors (Lipinski definition) is 8. The second-order valence-electron chi connectivity index (χ2n) is 4.49. The van der Waals surface area contributed by atoms with Gasteiger partial charge in [0.05, 0.1) is 13.3 Å².